The highest BCUT2D eigenvalue weighted by Crippen LogP contribution is 2.51. The summed E-state index contributed by atoms with van der Waals surface area (Å²) in [4.78, 5) is 26.5. The fourth-order valence-electron chi connectivity index (χ4n) is 5.18. The normalized spacial score (nSPS) is 24.7. The number of primary amides is 1. The molecule has 0 spiro atoms. The van der Waals surface area contributed by atoms with Gasteiger partial charge in [0.25, 0.3) is 10.0 Å². The molecule has 2 aromatic rings. The first kappa shape index (κ1) is 22.8. The van der Waals surface area contributed by atoms with Crippen LogP contribution in [0.15, 0.2) is 40.6 Å². The molecule has 2 fully saturated rings. The average molecular weight is 478 g/mol. The van der Waals surface area contributed by atoms with Gasteiger partial charge in [0.05, 0.1) is 12.5 Å². The van der Waals surface area contributed by atoms with Gasteiger partial charge in [0.2, 0.25) is 5.91 Å². The van der Waals surface area contributed by atoms with E-state index in [1.807, 2.05) is 43.3 Å². The predicted octanol–water partition coefficient (Wildman–Crippen LogP) is 2.46. The molecule has 2 bridgehead atoms. The predicted molar refractivity (Wildman–Crippen MR) is 123 cm³/mol. The second-order valence-electron chi connectivity index (χ2n) is 8.76. The van der Waals surface area contributed by atoms with Crippen LogP contribution in [-0.2, 0) is 19.6 Å². The molecule has 0 aliphatic heterocycles. The molecule has 1 heterocycles. The third-order valence-electron chi connectivity index (χ3n) is 6.61. The smallest absolute Gasteiger partial charge is 0.308 e. The second kappa shape index (κ2) is 8.49. The molecule has 4 atom stereocenters. The number of sulfonamides is 1. The zero-order valence-electron chi connectivity index (χ0n) is 18.0. The molecule has 4 rings (SSSR count). The van der Waals surface area contributed by atoms with Crippen molar-refractivity contribution in [3.05, 3.63) is 36.4 Å². The van der Waals surface area contributed by atoms with Crippen LogP contribution >= 0.6 is 11.3 Å². The van der Waals surface area contributed by atoms with E-state index in [4.69, 9.17) is 5.73 Å². The highest BCUT2D eigenvalue weighted by Gasteiger charge is 2.56. The molecule has 2 aliphatic carbocycles. The van der Waals surface area contributed by atoms with Crippen LogP contribution in [0.2, 0.25) is 0 Å². The number of thiophene rings is 1. The number of carboxylic acids is 1. The van der Waals surface area contributed by atoms with Gasteiger partial charge >= 0.3 is 5.97 Å². The van der Waals surface area contributed by atoms with Gasteiger partial charge < -0.3 is 15.7 Å². The zero-order valence-corrected chi connectivity index (χ0v) is 19.6. The number of hydrogen-bond donors (Lipinski definition) is 2. The first-order chi connectivity index (χ1) is 15.1. The Morgan fingerprint density at radius 3 is 2.34 bits per heavy atom. The Morgan fingerprint density at radius 2 is 1.75 bits per heavy atom. The molecular formula is C22H27N3O5S2. The first-order valence-corrected chi connectivity index (χ1v) is 12.8. The van der Waals surface area contributed by atoms with Gasteiger partial charge in [-0.2, -0.15) is 4.31 Å². The van der Waals surface area contributed by atoms with Gasteiger partial charge in [-0.15, -0.1) is 11.3 Å². The lowest BCUT2D eigenvalue weighted by Crippen LogP contribution is -2.52. The van der Waals surface area contributed by atoms with Crippen molar-refractivity contribution in [2.24, 2.45) is 23.5 Å². The fraction of sp³-hybridized carbons (Fsp3) is 0.455. The van der Waals surface area contributed by atoms with Gasteiger partial charge in [-0.25, -0.2) is 8.42 Å². The zero-order chi connectivity index (χ0) is 23.2. The van der Waals surface area contributed by atoms with Crippen LogP contribution in [0.4, 0.5) is 5.69 Å². The number of carbonyl (C=O) groups is 2. The van der Waals surface area contributed by atoms with Crippen molar-refractivity contribution in [1.29, 1.82) is 0 Å². The highest BCUT2D eigenvalue weighted by atomic mass is 32.2. The number of amides is 1. The molecule has 32 heavy (non-hydrogen) atoms. The largest absolute Gasteiger partial charge is 0.481 e. The van der Waals surface area contributed by atoms with Crippen LogP contribution in [0, 0.1) is 17.8 Å². The third-order valence-corrected chi connectivity index (χ3v) is 10.1. The van der Waals surface area contributed by atoms with Crippen LogP contribution in [0.5, 0.6) is 0 Å². The van der Waals surface area contributed by atoms with E-state index in [1.54, 1.807) is 6.07 Å². The molecule has 4 unspecified atom stereocenters. The Hall–Kier alpha value is -2.43. The number of nitrogens with zero attached hydrogens (tertiary/aromatic N) is 2. The quantitative estimate of drug-likeness (QED) is 0.602. The van der Waals surface area contributed by atoms with Crippen LogP contribution < -0.4 is 10.6 Å². The van der Waals surface area contributed by atoms with Crippen molar-refractivity contribution in [3.63, 3.8) is 0 Å². The number of carbonyl (C=O) groups excluding carboxylic acids is 1. The van der Waals surface area contributed by atoms with Crippen molar-refractivity contribution >= 4 is 38.9 Å². The summed E-state index contributed by atoms with van der Waals surface area (Å²) in [6, 6.07) is 10.3. The molecule has 10 heteroatoms. The topological polar surface area (TPSA) is 121 Å². The monoisotopic (exact) mass is 477 g/mol. The van der Waals surface area contributed by atoms with Crippen molar-refractivity contribution < 1.29 is 23.1 Å². The van der Waals surface area contributed by atoms with E-state index >= 15 is 0 Å². The van der Waals surface area contributed by atoms with Gasteiger partial charge in [-0.05, 0) is 60.9 Å². The van der Waals surface area contributed by atoms with E-state index in [9.17, 15) is 23.1 Å². The summed E-state index contributed by atoms with van der Waals surface area (Å²) < 4.78 is 28.4. The second-order valence-corrected chi connectivity index (χ2v) is 12.0. The molecule has 172 valence electrons. The van der Waals surface area contributed by atoms with E-state index in [-0.39, 0.29) is 16.0 Å². The Labute approximate surface area is 191 Å². The molecular weight excluding hydrogens is 450 g/mol. The summed E-state index contributed by atoms with van der Waals surface area (Å²) in [5, 5.41) is 9.80. The Morgan fingerprint density at radius 1 is 1.09 bits per heavy atom. The van der Waals surface area contributed by atoms with Crippen LogP contribution in [0.25, 0.3) is 10.4 Å². The van der Waals surface area contributed by atoms with E-state index < -0.39 is 40.4 Å². The van der Waals surface area contributed by atoms with Gasteiger partial charge in [-0.1, -0.05) is 12.1 Å². The molecule has 1 aromatic heterocycles. The number of carboxylic acid groups (broad SMARTS) is 1. The maximum atomic E-state index is 13.6. The van der Waals surface area contributed by atoms with Crippen LogP contribution in [0.1, 0.15) is 19.3 Å². The Bertz CT molecular complexity index is 1130. The number of anilines is 1. The molecule has 0 saturated heterocycles. The third kappa shape index (κ3) is 4.02. The lowest BCUT2D eigenvalue weighted by Gasteiger charge is -2.36. The Kier molecular flexibility index (Phi) is 6.04. The van der Waals surface area contributed by atoms with E-state index in [0.717, 1.165) is 44.6 Å². The number of benzene rings is 1. The SMILES string of the molecule is CN(C)c1ccc(-c2ccc(S(=O)(=O)N(CC(N)=O)C3C4CCC(C4)C3C(=O)O)s2)cc1. The van der Waals surface area contributed by atoms with Gasteiger partial charge in [0.1, 0.15) is 4.21 Å². The first-order valence-electron chi connectivity index (χ1n) is 10.5. The van der Waals surface area contributed by atoms with Gasteiger partial charge in [0, 0.05) is 30.7 Å². The van der Waals surface area contributed by atoms with E-state index in [2.05, 4.69) is 0 Å². The molecule has 2 saturated carbocycles. The number of fused-ring (bicyclic) bond motifs is 2. The summed E-state index contributed by atoms with van der Waals surface area (Å²) in [6.07, 6.45) is 2.20. The average Bonchev–Trinajstić information content (AvgIpc) is 3.47. The fourth-order valence-corrected chi connectivity index (χ4v) is 8.29. The Balaban J connectivity index is 1.68. The number of hydrogen-bond acceptors (Lipinski definition) is 6. The summed E-state index contributed by atoms with van der Waals surface area (Å²) in [6.45, 7) is -0.523. The minimum atomic E-state index is -4.10. The maximum Gasteiger partial charge on any atom is 0.308 e. The van der Waals surface area contributed by atoms with Gasteiger partial charge in [-0.3, -0.25) is 9.59 Å². The summed E-state index contributed by atoms with van der Waals surface area (Å²) in [5.74, 6) is -2.77. The molecule has 0 radical (unpaired) electrons. The number of rotatable bonds is 8. The maximum absolute atomic E-state index is 13.6. The number of aliphatic carboxylic acids is 1. The van der Waals surface area contributed by atoms with Crippen LogP contribution in [0.3, 0.4) is 0 Å². The van der Waals surface area contributed by atoms with Gasteiger partial charge in [0.15, 0.2) is 0 Å². The van der Waals surface area contributed by atoms with Crippen molar-refractivity contribution in [2.75, 3.05) is 25.5 Å². The summed E-state index contributed by atoms with van der Waals surface area (Å²) in [5.41, 5.74) is 7.31. The summed E-state index contributed by atoms with van der Waals surface area (Å²) in [7, 11) is -0.212. The lowest BCUT2D eigenvalue weighted by atomic mass is 9.84. The molecule has 2 aliphatic rings. The highest BCUT2D eigenvalue weighted by molar-refractivity contribution is 7.91. The van der Waals surface area contributed by atoms with Crippen molar-refractivity contribution in [2.45, 2.75) is 29.5 Å². The molecule has 3 N–H and O–H groups in total. The standard InChI is InChI=1S/C22H27N3O5S2/c1-24(2)16-7-5-13(6-8-16)17-9-10-19(31-17)32(29,30)25(12-18(23)26)21-15-4-3-14(11-15)20(21)22(27)28/h5-10,14-15,20-21H,3-4,11-12H2,1-2H3,(H2,23,26)(H,27,28). The van der Waals surface area contributed by atoms with Crippen molar-refractivity contribution in [1.82, 2.24) is 4.31 Å². The lowest BCUT2D eigenvalue weighted by molar-refractivity contribution is -0.145. The van der Waals surface area contributed by atoms with Crippen molar-refractivity contribution in [3.8, 4) is 10.4 Å². The van der Waals surface area contributed by atoms with E-state index in [1.165, 1.54) is 6.07 Å². The molecule has 1 aromatic carbocycles. The minimum Gasteiger partial charge on any atom is -0.481 e. The van der Waals surface area contributed by atoms with E-state index in [0.29, 0.717) is 6.42 Å². The molecule has 1 amide bonds. The molecule has 8 nitrogen and oxygen atoms in total. The number of nitrogens with two attached hydrogens (primary N) is 1. The summed E-state index contributed by atoms with van der Waals surface area (Å²) >= 11 is 1.11. The van der Waals surface area contributed by atoms with Crippen LogP contribution in [-0.4, -0.2) is 56.4 Å². The minimum absolute atomic E-state index is 0.0674.